The number of nitrogen functional groups attached to an aromatic ring is 1. The number of pyridine rings is 1. The minimum absolute atomic E-state index is 0.142. The molecule has 1 amide bonds. The van der Waals surface area contributed by atoms with E-state index in [0.29, 0.717) is 11.5 Å². The third kappa shape index (κ3) is 2.86. The van der Waals surface area contributed by atoms with E-state index in [0.717, 1.165) is 0 Å². The molecule has 2 heterocycles. The Morgan fingerprint density at radius 2 is 2.37 bits per heavy atom. The highest BCUT2D eigenvalue weighted by molar-refractivity contribution is 5.95. The van der Waals surface area contributed by atoms with Crippen molar-refractivity contribution in [1.29, 1.82) is 0 Å². The van der Waals surface area contributed by atoms with Crippen LogP contribution in [0.3, 0.4) is 0 Å². The van der Waals surface area contributed by atoms with Gasteiger partial charge in [-0.15, -0.1) is 0 Å². The third-order valence-corrected chi connectivity index (χ3v) is 2.38. The van der Waals surface area contributed by atoms with Crippen molar-refractivity contribution in [3.63, 3.8) is 0 Å². The monoisotopic (exact) mass is 265 g/mol. The molecule has 4 N–H and O–H groups in total. The van der Waals surface area contributed by atoms with Crippen molar-refractivity contribution in [3.05, 3.63) is 41.2 Å². The van der Waals surface area contributed by atoms with Gasteiger partial charge in [-0.05, 0) is 13.0 Å². The minimum atomic E-state index is -0.807. The summed E-state index contributed by atoms with van der Waals surface area (Å²) < 4.78 is 18.6. The number of hydrazine groups is 1. The maximum absolute atomic E-state index is 13.8. The summed E-state index contributed by atoms with van der Waals surface area (Å²) in [7, 11) is 0. The number of hydrogen-bond acceptors (Lipinski definition) is 6. The number of carbonyl (C=O) groups excluding carboxylic acids is 1. The normalized spacial score (nSPS) is 10.3. The van der Waals surface area contributed by atoms with E-state index in [2.05, 4.69) is 20.9 Å². The average molecular weight is 265 g/mol. The first-order valence-corrected chi connectivity index (χ1v) is 5.43. The Labute approximate surface area is 108 Å². The molecule has 0 aliphatic rings. The molecule has 0 bridgehead atoms. The Morgan fingerprint density at radius 3 is 3.00 bits per heavy atom. The summed E-state index contributed by atoms with van der Waals surface area (Å²) in [6, 6.07) is 2.94. The van der Waals surface area contributed by atoms with Crippen LogP contribution in [0.25, 0.3) is 0 Å². The fourth-order valence-electron chi connectivity index (χ4n) is 1.49. The molecule has 0 aromatic carbocycles. The lowest BCUT2D eigenvalue weighted by Crippen LogP contribution is -2.25. The standard InChI is InChI=1S/C11H12FN5O2/c1-6-4-7(17-19-6)5-15-11(18)8-2-3-14-10(16-13)9(8)12/h2-4H,5,13H2,1H3,(H,14,16)(H,15,18). The van der Waals surface area contributed by atoms with Gasteiger partial charge in [0.1, 0.15) is 11.5 Å². The van der Waals surface area contributed by atoms with Crippen LogP contribution in [0.15, 0.2) is 22.9 Å². The summed E-state index contributed by atoms with van der Waals surface area (Å²) in [5, 5.41) is 6.23. The molecule has 0 radical (unpaired) electrons. The fourth-order valence-corrected chi connectivity index (χ4v) is 1.49. The lowest BCUT2D eigenvalue weighted by molar-refractivity contribution is 0.0946. The molecule has 0 saturated carbocycles. The highest BCUT2D eigenvalue weighted by atomic mass is 19.1. The Hall–Kier alpha value is -2.48. The van der Waals surface area contributed by atoms with Gasteiger partial charge in [0, 0.05) is 12.3 Å². The predicted molar refractivity (Wildman–Crippen MR) is 64.4 cm³/mol. The van der Waals surface area contributed by atoms with Crippen molar-refractivity contribution in [2.24, 2.45) is 5.84 Å². The Morgan fingerprint density at radius 1 is 1.58 bits per heavy atom. The van der Waals surface area contributed by atoms with Crippen LogP contribution in [0.4, 0.5) is 10.2 Å². The number of aromatic nitrogens is 2. The first-order valence-electron chi connectivity index (χ1n) is 5.43. The molecule has 0 saturated heterocycles. The number of nitrogens with one attached hydrogen (secondary N) is 2. The zero-order chi connectivity index (χ0) is 13.8. The summed E-state index contributed by atoms with van der Waals surface area (Å²) in [5.41, 5.74) is 2.48. The van der Waals surface area contributed by atoms with E-state index in [1.807, 2.05) is 0 Å². The number of rotatable bonds is 4. The number of hydrogen-bond donors (Lipinski definition) is 3. The van der Waals surface area contributed by atoms with Crippen LogP contribution >= 0.6 is 0 Å². The second-order valence-electron chi connectivity index (χ2n) is 3.78. The molecule has 7 nitrogen and oxygen atoms in total. The second-order valence-corrected chi connectivity index (χ2v) is 3.78. The van der Waals surface area contributed by atoms with Gasteiger partial charge in [0.15, 0.2) is 11.6 Å². The number of carbonyl (C=O) groups is 1. The van der Waals surface area contributed by atoms with E-state index in [9.17, 15) is 9.18 Å². The van der Waals surface area contributed by atoms with Gasteiger partial charge in [-0.25, -0.2) is 15.2 Å². The number of nitrogens with two attached hydrogens (primary N) is 1. The van der Waals surface area contributed by atoms with Crippen LogP contribution in [-0.2, 0) is 6.54 Å². The molecular formula is C11H12FN5O2. The molecule has 0 aliphatic carbocycles. The molecule has 19 heavy (non-hydrogen) atoms. The van der Waals surface area contributed by atoms with E-state index in [1.165, 1.54) is 12.3 Å². The predicted octanol–water partition coefficient (Wildman–Crippen LogP) is 0.733. The lowest BCUT2D eigenvalue weighted by atomic mass is 10.2. The third-order valence-electron chi connectivity index (χ3n) is 2.38. The van der Waals surface area contributed by atoms with Crippen LogP contribution in [0.5, 0.6) is 0 Å². The van der Waals surface area contributed by atoms with Crippen molar-refractivity contribution in [3.8, 4) is 0 Å². The van der Waals surface area contributed by atoms with Crippen molar-refractivity contribution in [2.75, 3.05) is 5.43 Å². The molecule has 0 unspecified atom stereocenters. The van der Waals surface area contributed by atoms with E-state index in [-0.39, 0.29) is 17.9 Å². The molecule has 0 atom stereocenters. The number of nitrogens with zero attached hydrogens (tertiary/aromatic N) is 2. The molecule has 100 valence electrons. The van der Waals surface area contributed by atoms with Gasteiger partial charge in [-0.1, -0.05) is 5.16 Å². The summed E-state index contributed by atoms with van der Waals surface area (Å²) in [6.45, 7) is 1.88. The van der Waals surface area contributed by atoms with E-state index < -0.39 is 11.7 Å². The topological polar surface area (TPSA) is 106 Å². The average Bonchev–Trinajstić information content (AvgIpc) is 2.82. The Kier molecular flexibility index (Phi) is 3.71. The Bertz CT molecular complexity index is 599. The lowest BCUT2D eigenvalue weighted by Gasteiger charge is -2.06. The van der Waals surface area contributed by atoms with Gasteiger partial charge in [0.25, 0.3) is 5.91 Å². The number of amides is 1. The van der Waals surface area contributed by atoms with Crippen molar-refractivity contribution in [2.45, 2.75) is 13.5 Å². The van der Waals surface area contributed by atoms with Crippen molar-refractivity contribution < 1.29 is 13.7 Å². The largest absolute Gasteiger partial charge is 0.361 e. The smallest absolute Gasteiger partial charge is 0.254 e. The van der Waals surface area contributed by atoms with Crippen molar-refractivity contribution in [1.82, 2.24) is 15.5 Å². The van der Waals surface area contributed by atoms with Gasteiger partial charge in [-0.3, -0.25) is 4.79 Å². The summed E-state index contributed by atoms with van der Waals surface area (Å²) >= 11 is 0. The van der Waals surface area contributed by atoms with Gasteiger partial charge in [0.05, 0.1) is 12.1 Å². The zero-order valence-electron chi connectivity index (χ0n) is 10.1. The Balaban J connectivity index is 2.08. The zero-order valence-corrected chi connectivity index (χ0v) is 10.1. The molecule has 0 aliphatic heterocycles. The quantitative estimate of drug-likeness (QED) is 0.556. The summed E-state index contributed by atoms with van der Waals surface area (Å²) in [6.07, 6.45) is 1.29. The fraction of sp³-hybridized carbons (Fsp3) is 0.182. The number of anilines is 1. The maximum Gasteiger partial charge on any atom is 0.254 e. The van der Waals surface area contributed by atoms with Crippen LogP contribution in [0.1, 0.15) is 21.8 Å². The van der Waals surface area contributed by atoms with Crippen LogP contribution in [0, 0.1) is 12.7 Å². The van der Waals surface area contributed by atoms with E-state index >= 15 is 0 Å². The molecule has 8 heteroatoms. The summed E-state index contributed by atoms with van der Waals surface area (Å²) in [4.78, 5) is 15.5. The maximum atomic E-state index is 13.8. The van der Waals surface area contributed by atoms with Gasteiger partial charge >= 0.3 is 0 Å². The van der Waals surface area contributed by atoms with Crippen molar-refractivity contribution >= 4 is 11.7 Å². The summed E-state index contributed by atoms with van der Waals surface area (Å²) in [5.74, 6) is 4.13. The van der Waals surface area contributed by atoms with Crippen LogP contribution < -0.4 is 16.6 Å². The molecule has 0 spiro atoms. The molecular weight excluding hydrogens is 253 g/mol. The van der Waals surface area contributed by atoms with E-state index in [4.69, 9.17) is 10.4 Å². The van der Waals surface area contributed by atoms with Gasteiger partial charge in [-0.2, -0.15) is 0 Å². The molecule has 2 aromatic rings. The van der Waals surface area contributed by atoms with Gasteiger partial charge < -0.3 is 15.3 Å². The number of aryl methyl sites for hydroxylation is 1. The van der Waals surface area contributed by atoms with Crippen LogP contribution in [-0.4, -0.2) is 16.0 Å². The first kappa shape index (κ1) is 13.0. The highest BCUT2D eigenvalue weighted by Crippen LogP contribution is 2.13. The van der Waals surface area contributed by atoms with E-state index in [1.54, 1.807) is 13.0 Å². The minimum Gasteiger partial charge on any atom is -0.361 e. The van der Waals surface area contributed by atoms with Crippen LogP contribution in [0.2, 0.25) is 0 Å². The van der Waals surface area contributed by atoms with Gasteiger partial charge in [0.2, 0.25) is 0 Å². The number of halogens is 1. The molecule has 2 rings (SSSR count). The molecule has 0 fully saturated rings. The SMILES string of the molecule is Cc1cc(CNC(=O)c2ccnc(NN)c2F)no1. The highest BCUT2D eigenvalue weighted by Gasteiger charge is 2.15. The second kappa shape index (κ2) is 5.44. The first-order chi connectivity index (χ1) is 9.11. The molecule has 2 aromatic heterocycles.